The molecule has 1 rings (SSSR count). The van der Waals surface area contributed by atoms with Crippen molar-refractivity contribution in [3.8, 4) is 11.8 Å². The number of sulfonamides is 1. The van der Waals surface area contributed by atoms with Gasteiger partial charge in [-0.15, -0.1) is 5.92 Å². The number of carbonyl (C=O) groups is 1. The molecule has 6 heteroatoms. The number of carbonyl (C=O) groups excluding carboxylic acids is 1. The molecule has 0 saturated heterocycles. The Bertz CT molecular complexity index is 624. The highest BCUT2D eigenvalue weighted by Gasteiger charge is 2.13. The number of nitrogens with one attached hydrogen (secondary N) is 1. The van der Waals surface area contributed by atoms with Gasteiger partial charge in [-0.3, -0.25) is 4.79 Å². The second-order valence-corrected chi connectivity index (χ2v) is 5.19. The summed E-state index contributed by atoms with van der Waals surface area (Å²) in [5, 5.41) is 7.61. The van der Waals surface area contributed by atoms with Crippen molar-refractivity contribution < 1.29 is 13.2 Å². The fourth-order valence-electron chi connectivity index (χ4n) is 1.38. The van der Waals surface area contributed by atoms with Crippen LogP contribution < -0.4 is 10.5 Å². The average molecular weight is 266 g/mol. The summed E-state index contributed by atoms with van der Waals surface area (Å²) in [6.45, 7) is 3.58. The first-order valence-electron chi connectivity index (χ1n) is 5.17. The normalized spacial score (nSPS) is 10.4. The van der Waals surface area contributed by atoms with Gasteiger partial charge in [-0.2, -0.15) is 0 Å². The van der Waals surface area contributed by atoms with E-state index in [4.69, 9.17) is 5.14 Å². The van der Waals surface area contributed by atoms with Crippen LogP contribution in [0.4, 0.5) is 0 Å². The first-order chi connectivity index (χ1) is 8.36. The van der Waals surface area contributed by atoms with E-state index in [1.165, 1.54) is 18.2 Å². The molecule has 0 radical (unpaired) electrons. The summed E-state index contributed by atoms with van der Waals surface area (Å²) in [4.78, 5) is 11.7. The third-order valence-corrected chi connectivity index (χ3v) is 3.20. The number of hydrogen-bond donors (Lipinski definition) is 2. The topological polar surface area (TPSA) is 89.3 Å². The highest BCUT2D eigenvalue weighted by Crippen LogP contribution is 2.14. The van der Waals surface area contributed by atoms with Crippen LogP contribution in [0.25, 0.3) is 0 Å². The second-order valence-electron chi connectivity index (χ2n) is 3.63. The maximum atomic E-state index is 11.7. The molecule has 0 fully saturated rings. The van der Waals surface area contributed by atoms with Crippen LogP contribution in [-0.2, 0) is 10.0 Å². The summed E-state index contributed by atoms with van der Waals surface area (Å²) in [6.07, 6.45) is 0. The number of rotatable bonds is 3. The van der Waals surface area contributed by atoms with Gasteiger partial charge < -0.3 is 5.32 Å². The highest BCUT2D eigenvalue weighted by molar-refractivity contribution is 7.89. The van der Waals surface area contributed by atoms with Crippen molar-refractivity contribution >= 4 is 15.9 Å². The summed E-state index contributed by atoms with van der Waals surface area (Å²) in [5.74, 6) is 5.07. The first kappa shape index (κ1) is 14.2. The summed E-state index contributed by atoms with van der Waals surface area (Å²) in [5.41, 5.74) is 0.948. The van der Waals surface area contributed by atoms with Crippen molar-refractivity contribution in [3.63, 3.8) is 0 Å². The van der Waals surface area contributed by atoms with Crippen LogP contribution in [0.3, 0.4) is 0 Å². The second kappa shape index (κ2) is 5.67. The monoisotopic (exact) mass is 266 g/mol. The van der Waals surface area contributed by atoms with Gasteiger partial charge in [0, 0.05) is 5.56 Å². The number of nitrogens with two attached hydrogens (primary N) is 1. The molecule has 0 atom stereocenters. The molecule has 1 amide bonds. The largest absolute Gasteiger partial charge is 0.341 e. The summed E-state index contributed by atoms with van der Waals surface area (Å²) in [6, 6.07) is 4.11. The lowest BCUT2D eigenvalue weighted by atomic mass is 10.1. The zero-order chi connectivity index (χ0) is 13.8. The standard InChI is InChI=1S/C12H14N2O3S/c1-3-4-7-14-12(15)11-6-5-10(8-9(11)2)18(13,16)17/h5-6,8H,7H2,1-2H3,(H,14,15)(H2,13,16,17). The van der Waals surface area contributed by atoms with E-state index in [9.17, 15) is 13.2 Å². The lowest BCUT2D eigenvalue weighted by Crippen LogP contribution is -2.24. The van der Waals surface area contributed by atoms with Crippen molar-refractivity contribution in [1.29, 1.82) is 0 Å². The Hall–Kier alpha value is -1.84. The lowest BCUT2D eigenvalue weighted by Gasteiger charge is -2.07. The van der Waals surface area contributed by atoms with Crippen LogP contribution in [0.15, 0.2) is 23.1 Å². The van der Waals surface area contributed by atoms with Gasteiger partial charge in [-0.05, 0) is 37.6 Å². The number of hydrogen-bond acceptors (Lipinski definition) is 3. The van der Waals surface area contributed by atoms with Crippen LogP contribution in [-0.4, -0.2) is 20.9 Å². The minimum atomic E-state index is -3.74. The smallest absolute Gasteiger partial charge is 0.252 e. The third kappa shape index (κ3) is 3.58. The summed E-state index contributed by atoms with van der Waals surface area (Å²) in [7, 11) is -3.74. The molecule has 0 aliphatic rings. The SMILES string of the molecule is CC#CCNC(=O)c1ccc(S(N)(=O)=O)cc1C. The molecule has 1 aromatic rings. The van der Waals surface area contributed by atoms with Crippen LogP contribution in [0.2, 0.25) is 0 Å². The van der Waals surface area contributed by atoms with Gasteiger partial charge in [0.05, 0.1) is 11.4 Å². The molecule has 1 aromatic carbocycles. The molecule has 0 bridgehead atoms. The molecule has 18 heavy (non-hydrogen) atoms. The zero-order valence-electron chi connectivity index (χ0n) is 10.1. The maximum Gasteiger partial charge on any atom is 0.252 e. The van der Waals surface area contributed by atoms with Crippen LogP contribution >= 0.6 is 0 Å². The lowest BCUT2D eigenvalue weighted by molar-refractivity contribution is 0.0958. The number of amides is 1. The molecular formula is C12H14N2O3S. The Morgan fingerprint density at radius 3 is 2.61 bits per heavy atom. The molecule has 0 aromatic heterocycles. The van der Waals surface area contributed by atoms with Gasteiger partial charge >= 0.3 is 0 Å². The molecule has 0 saturated carbocycles. The van der Waals surface area contributed by atoms with Crippen LogP contribution in [0.1, 0.15) is 22.8 Å². The summed E-state index contributed by atoms with van der Waals surface area (Å²) >= 11 is 0. The molecule has 3 N–H and O–H groups in total. The summed E-state index contributed by atoms with van der Waals surface area (Å²) < 4.78 is 22.3. The molecule has 96 valence electrons. The molecule has 0 spiro atoms. The van der Waals surface area contributed by atoms with E-state index in [-0.39, 0.29) is 17.3 Å². The van der Waals surface area contributed by atoms with E-state index >= 15 is 0 Å². The number of benzene rings is 1. The number of aryl methyl sites for hydroxylation is 1. The molecule has 0 unspecified atom stereocenters. The van der Waals surface area contributed by atoms with Crippen LogP contribution in [0, 0.1) is 18.8 Å². The Kier molecular flexibility index (Phi) is 4.48. The van der Waals surface area contributed by atoms with Crippen molar-refractivity contribution in [1.82, 2.24) is 5.32 Å². The van der Waals surface area contributed by atoms with Crippen molar-refractivity contribution in [3.05, 3.63) is 29.3 Å². The Morgan fingerprint density at radius 2 is 2.11 bits per heavy atom. The molecule has 0 aliphatic heterocycles. The zero-order valence-corrected chi connectivity index (χ0v) is 11.0. The maximum absolute atomic E-state index is 11.7. The molecule has 0 heterocycles. The fraction of sp³-hybridized carbons (Fsp3) is 0.250. The van der Waals surface area contributed by atoms with E-state index in [0.29, 0.717) is 11.1 Å². The Morgan fingerprint density at radius 1 is 1.44 bits per heavy atom. The molecule has 0 aliphatic carbocycles. The van der Waals surface area contributed by atoms with E-state index in [2.05, 4.69) is 17.2 Å². The quantitative estimate of drug-likeness (QED) is 0.776. The first-order valence-corrected chi connectivity index (χ1v) is 6.72. The van der Waals surface area contributed by atoms with Gasteiger partial charge in [0.2, 0.25) is 10.0 Å². The van der Waals surface area contributed by atoms with Gasteiger partial charge in [-0.1, -0.05) is 5.92 Å². The van der Waals surface area contributed by atoms with E-state index < -0.39 is 10.0 Å². The highest BCUT2D eigenvalue weighted by atomic mass is 32.2. The van der Waals surface area contributed by atoms with Gasteiger partial charge in [0.15, 0.2) is 0 Å². The van der Waals surface area contributed by atoms with Gasteiger partial charge in [-0.25, -0.2) is 13.6 Å². The minimum absolute atomic E-state index is 0.00935. The minimum Gasteiger partial charge on any atom is -0.341 e. The van der Waals surface area contributed by atoms with Crippen molar-refractivity contribution in [2.45, 2.75) is 18.7 Å². The predicted molar refractivity (Wildman–Crippen MR) is 68.3 cm³/mol. The Labute approximate surface area is 106 Å². The molecule has 5 nitrogen and oxygen atoms in total. The van der Waals surface area contributed by atoms with Crippen LogP contribution in [0.5, 0.6) is 0 Å². The van der Waals surface area contributed by atoms with E-state index in [1.807, 2.05) is 0 Å². The molecular weight excluding hydrogens is 252 g/mol. The average Bonchev–Trinajstić information content (AvgIpc) is 2.27. The third-order valence-electron chi connectivity index (χ3n) is 2.29. The van der Waals surface area contributed by atoms with Crippen molar-refractivity contribution in [2.75, 3.05) is 6.54 Å². The predicted octanol–water partition coefficient (Wildman–Crippen LogP) is 0.396. The van der Waals surface area contributed by atoms with E-state index in [1.54, 1.807) is 13.8 Å². The van der Waals surface area contributed by atoms with Gasteiger partial charge in [0.25, 0.3) is 5.91 Å². The van der Waals surface area contributed by atoms with E-state index in [0.717, 1.165) is 0 Å². The van der Waals surface area contributed by atoms with Crippen molar-refractivity contribution in [2.24, 2.45) is 5.14 Å². The fourth-order valence-corrected chi connectivity index (χ4v) is 1.97. The number of primary sulfonamides is 1. The Balaban J connectivity index is 2.98. The van der Waals surface area contributed by atoms with Gasteiger partial charge in [0.1, 0.15) is 0 Å².